The normalized spacial score (nSPS) is 18.7. The minimum absolute atomic E-state index is 0.0191. The molecule has 0 bridgehead atoms. The van der Waals surface area contributed by atoms with Gasteiger partial charge in [-0.2, -0.15) is 4.31 Å². The van der Waals surface area contributed by atoms with Crippen LogP contribution in [0, 0.1) is 13.8 Å². The predicted octanol–water partition coefficient (Wildman–Crippen LogP) is 3.45. The van der Waals surface area contributed by atoms with Crippen molar-refractivity contribution in [2.45, 2.75) is 55.9 Å². The van der Waals surface area contributed by atoms with Crippen molar-refractivity contribution in [1.82, 2.24) is 13.3 Å². The third kappa shape index (κ3) is 3.44. The first kappa shape index (κ1) is 21.0. The number of rotatable bonds is 4. The highest BCUT2D eigenvalue weighted by Gasteiger charge is 2.31. The number of hydrogen-bond acceptors (Lipinski definition) is 5. The van der Waals surface area contributed by atoms with E-state index in [1.165, 1.54) is 34.9 Å². The number of imidazole rings is 1. The number of aromatic nitrogens is 2. The smallest absolute Gasteiger partial charge is 0.236 e. The summed E-state index contributed by atoms with van der Waals surface area (Å²) in [6.07, 6.45) is 3.97. The minimum atomic E-state index is -3.90. The topological polar surface area (TPSA) is 89.3 Å². The second kappa shape index (κ2) is 7.47. The Bertz CT molecular complexity index is 1310. The van der Waals surface area contributed by atoms with E-state index < -0.39 is 20.0 Å². The van der Waals surface area contributed by atoms with Crippen LogP contribution in [-0.2, 0) is 20.0 Å². The molecule has 1 aliphatic rings. The van der Waals surface area contributed by atoms with Crippen LogP contribution in [0.5, 0.6) is 0 Å². The third-order valence-corrected chi connectivity index (χ3v) is 9.56. The van der Waals surface area contributed by atoms with Crippen LogP contribution in [0.4, 0.5) is 0 Å². The van der Waals surface area contributed by atoms with E-state index in [0.717, 1.165) is 34.4 Å². The Morgan fingerprint density at radius 3 is 2.13 bits per heavy atom. The molecule has 0 spiro atoms. The number of aryl methyl sites for hydroxylation is 2. The first-order valence-electron chi connectivity index (χ1n) is 9.94. The second-order valence-electron chi connectivity index (χ2n) is 7.90. The van der Waals surface area contributed by atoms with Gasteiger partial charge in [0.1, 0.15) is 6.33 Å². The van der Waals surface area contributed by atoms with Crippen molar-refractivity contribution < 1.29 is 16.8 Å². The van der Waals surface area contributed by atoms with Gasteiger partial charge in [-0.15, -0.1) is 0 Å². The zero-order valence-corrected chi connectivity index (χ0v) is 18.9. The summed E-state index contributed by atoms with van der Waals surface area (Å²) >= 11 is 0. The lowest BCUT2D eigenvalue weighted by Gasteiger charge is -2.32. The Morgan fingerprint density at radius 1 is 0.900 bits per heavy atom. The molecule has 4 rings (SSSR count). The molecular weight excluding hydrogens is 422 g/mol. The lowest BCUT2D eigenvalue weighted by Crippen LogP contribution is -2.41. The van der Waals surface area contributed by atoms with Crippen molar-refractivity contribution in [3.63, 3.8) is 0 Å². The lowest BCUT2D eigenvalue weighted by molar-refractivity contribution is 0.268. The summed E-state index contributed by atoms with van der Waals surface area (Å²) in [4.78, 5) is 4.35. The predicted molar refractivity (Wildman–Crippen MR) is 115 cm³/mol. The Hall–Kier alpha value is -2.23. The quantitative estimate of drug-likeness (QED) is 0.611. The summed E-state index contributed by atoms with van der Waals surface area (Å²) in [5.41, 5.74) is 3.10. The van der Waals surface area contributed by atoms with E-state index >= 15 is 0 Å². The van der Waals surface area contributed by atoms with Gasteiger partial charge in [0.25, 0.3) is 10.0 Å². The Labute approximate surface area is 177 Å². The summed E-state index contributed by atoms with van der Waals surface area (Å²) in [5, 5.41) is 0. The van der Waals surface area contributed by atoms with E-state index in [1.54, 1.807) is 6.07 Å². The van der Waals surface area contributed by atoms with Crippen molar-refractivity contribution in [2.24, 2.45) is 0 Å². The van der Waals surface area contributed by atoms with Crippen molar-refractivity contribution in [2.75, 3.05) is 6.54 Å². The molecule has 0 unspecified atom stereocenters. The number of piperidine rings is 1. The molecule has 7 nitrogen and oxygen atoms in total. The van der Waals surface area contributed by atoms with Crippen LogP contribution in [0.1, 0.15) is 37.3 Å². The molecule has 2 aromatic carbocycles. The molecule has 0 radical (unpaired) electrons. The van der Waals surface area contributed by atoms with Gasteiger partial charge in [0.2, 0.25) is 10.0 Å². The summed E-state index contributed by atoms with van der Waals surface area (Å²) in [6.45, 7) is 6.26. The van der Waals surface area contributed by atoms with Gasteiger partial charge in [-0.1, -0.05) is 6.42 Å². The highest BCUT2D eigenvalue weighted by atomic mass is 32.2. The Kier molecular flexibility index (Phi) is 5.24. The van der Waals surface area contributed by atoms with Crippen LogP contribution >= 0.6 is 0 Å². The molecule has 9 heteroatoms. The maximum Gasteiger partial charge on any atom is 0.269 e. The second-order valence-corrected chi connectivity index (χ2v) is 11.6. The van der Waals surface area contributed by atoms with Crippen LogP contribution in [0.3, 0.4) is 0 Å². The van der Waals surface area contributed by atoms with Gasteiger partial charge in [0, 0.05) is 12.6 Å². The zero-order valence-electron chi connectivity index (χ0n) is 17.2. The molecule has 0 N–H and O–H groups in total. The standard InChI is InChI=1S/C21H25N3O4S2/c1-15-12-20-21(13-16(15)2)24(14-22-20)30(27,28)19-9-7-18(8-10-19)29(25,26)23-11-5-4-6-17(23)3/h7-10,12-14,17H,4-6,11H2,1-3H3/t17-/m0/s1. The fraction of sp³-hybridized carbons (Fsp3) is 0.381. The van der Waals surface area contributed by atoms with E-state index in [2.05, 4.69) is 4.98 Å². The fourth-order valence-corrected chi connectivity index (χ4v) is 6.88. The highest BCUT2D eigenvalue weighted by molar-refractivity contribution is 7.90. The van der Waals surface area contributed by atoms with Gasteiger partial charge in [-0.05, 0) is 81.1 Å². The summed E-state index contributed by atoms with van der Waals surface area (Å²) in [5.74, 6) is 0. The van der Waals surface area contributed by atoms with Crippen LogP contribution in [0.15, 0.2) is 52.5 Å². The number of nitrogens with zero attached hydrogens (tertiary/aromatic N) is 3. The Morgan fingerprint density at radius 2 is 1.50 bits per heavy atom. The van der Waals surface area contributed by atoms with E-state index in [1.807, 2.05) is 26.8 Å². The van der Waals surface area contributed by atoms with Gasteiger partial charge >= 0.3 is 0 Å². The lowest BCUT2D eigenvalue weighted by atomic mass is 10.1. The third-order valence-electron chi connectivity index (χ3n) is 5.86. The fourth-order valence-electron chi connectivity index (χ4n) is 3.90. The summed E-state index contributed by atoms with van der Waals surface area (Å²) in [6, 6.07) is 9.04. The molecule has 1 saturated heterocycles. The van der Waals surface area contributed by atoms with Gasteiger partial charge in [0.05, 0.1) is 20.8 Å². The number of hydrogen-bond donors (Lipinski definition) is 0. The summed E-state index contributed by atoms with van der Waals surface area (Å²) < 4.78 is 55.0. The molecule has 1 aliphatic heterocycles. The first-order chi connectivity index (χ1) is 14.1. The molecule has 2 heterocycles. The first-order valence-corrected chi connectivity index (χ1v) is 12.8. The maximum atomic E-state index is 13.2. The van der Waals surface area contributed by atoms with Crippen LogP contribution in [-0.4, -0.2) is 42.7 Å². The number of sulfonamides is 1. The maximum absolute atomic E-state index is 13.2. The van der Waals surface area contributed by atoms with Crippen LogP contribution in [0.25, 0.3) is 11.0 Å². The average Bonchev–Trinajstić information content (AvgIpc) is 3.12. The SMILES string of the molecule is Cc1cc2ncn(S(=O)(=O)c3ccc(S(=O)(=O)N4CCCC[C@@H]4C)cc3)c2cc1C. The molecule has 0 amide bonds. The molecular formula is C21H25N3O4S2. The molecule has 30 heavy (non-hydrogen) atoms. The van der Waals surface area contributed by atoms with Crippen molar-refractivity contribution in [3.05, 3.63) is 53.9 Å². The molecule has 1 atom stereocenters. The highest BCUT2D eigenvalue weighted by Crippen LogP contribution is 2.27. The van der Waals surface area contributed by atoms with Gasteiger partial charge in [-0.3, -0.25) is 0 Å². The molecule has 3 aromatic rings. The molecule has 0 aliphatic carbocycles. The zero-order chi connectivity index (χ0) is 21.7. The van der Waals surface area contributed by atoms with E-state index in [-0.39, 0.29) is 15.8 Å². The van der Waals surface area contributed by atoms with E-state index in [4.69, 9.17) is 0 Å². The van der Waals surface area contributed by atoms with Crippen molar-refractivity contribution in [1.29, 1.82) is 0 Å². The Balaban J connectivity index is 1.71. The minimum Gasteiger partial charge on any atom is -0.236 e. The van der Waals surface area contributed by atoms with Gasteiger partial charge in [0.15, 0.2) is 0 Å². The molecule has 1 aromatic heterocycles. The van der Waals surface area contributed by atoms with E-state index in [9.17, 15) is 16.8 Å². The largest absolute Gasteiger partial charge is 0.269 e. The average molecular weight is 448 g/mol. The summed E-state index contributed by atoms with van der Waals surface area (Å²) in [7, 11) is -7.56. The van der Waals surface area contributed by atoms with E-state index in [0.29, 0.717) is 17.6 Å². The van der Waals surface area contributed by atoms with Crippen molar-refractivity contribution >= 4 is 31.1 Å². The molecule has 1 fully saturated rings. The van der Waals surface area contributed by atoms with Crippen LogP contribution in [0.2, 0.25) is 0 Å². The molecule has 160 valence electrons. The van der Waals surface area contributed by atoms with Crippen molar-refractivity contribution in [3.8, 4) is 0 Å². The van der Waals surface area contributed by atoms with Gasteiger partial charge < -0.3 is 0 Å². The van der Waals surface area contributed by atoms with Gasteiger partial charge in [-0.25, -0.2) is 25.8 Å². The molecule has 0 saturated carbocycles. The monoisotopic (exact) mass is 447 g/mol. The van der Waals surface area contributed by atoms with Crippen LogP contribution < -0.4 is 0 Å². The number of fused-ring (bicyclic) bond motifs is 1. The number of benzene rings is 2.